The molecule has 1 aliphatic rings. The number of nitrogens with one attached hydrogen (secondary N) is 1. The molecule has 3 rings (SSSR count). The van der Waals surface area contributed by atoms with E-state index in [-0.39, 0.29) is 22.4 Å². The van der Waals surface area contributed by atoms with Gasteiger partial charge >= 0.3 is 0 Å². The minimum absolute atomic E-state index is 0.0811. The number of amides is 1. The van der Waals surface area contributed by atoms with Crippen molar-refractivity contribution in [3.05, 3.63) is 48.5 Å². The van der Waals surface area contributed by atoms with Gasteiger partial charge in [0.2, 0.25) is 26.0 Å². The third-order valence-electron chi connectivity index (χ3n) is 5.49. The maximum absolute atomic E-state index is 13.5. The zero-order valence-electron chi connectivity index (χ0n) is 18.4. The molecule has 0 spiro atoms. The summed E-state index contributed by atoms with van der Waals surface area (Å²) < 4.78 is 56.4. The maximum Gasteiger partial charge on any atom is 0.243 e. The molecule has 2 aromatic rings. The summed E-state index contributed by atoms with van der Waals surface area (Å²) in [5, 5.41) is 7.73. The van der Waals surface area contributed by atoms with E-state index in [1.165, 1.54) is 40.7 Å². The van der Waals surface area contributed by atoms with Crippen molar-refractivity contribution >= 4 is 31.6 Å². The molecule has 0 heterocycles. The lowest BCUT2D eigenvalue weighted by atomic mass is 9.95. The number of hydrogen-bond acceptors (Lipinski definition) is 6. The van der Waals surface area contributed by atoms with Gasteiger partial charge in [0.25, 0.3) is 0 Å². The van der Waals surface area contributed by atoms with Gasteiger partial charge in [-0.15, -0.1) is 0 Å². The van der Waals surface area contributed by atoms with Crippen molar-refractivity contribution < 1.29 is 26.4 Å². The van der Waals surface area contributed by atoms with Crippen molar-refractivity contribution in [2.75, 3.05) is 18.5 Å². The molecule has 0 aliphatic heterocycles. The number of nitrogens with two attached hydrogens (primary N) is 1. The number of ether oxygens (including phenoxy) is 1. The number of benzene rings is 2. The van der Waals surface area contributed by atoms with E-state index < -0.39 is 26.0 Å². The molecule has 9 nitrogen and oxygen atoms in total. The van der Waals surface area contributed by atoms with Crippen molar-refractivity contribution in [1.29, 1.82) is 0 Å². The summed E-state index contributed by atoms with van der Waals surface area (Å²) in [5.41, 5.74) is 0.342. The molecule has 1 amide bonds. The van der Waals surface area contributed by atoms with Gasteiger partial charge in [-0.1, -0.05) is 19.3 Å². The first-order chi connectivity index (χ1) is 15.6. The molecule has 11 heteroatoms. The predicted molar refractivity (Wildman–Crippen MR) is 125 cm³/mol. The normalized spacial score (nSPS) is 15.4. The van der Waals surface area contributed by atoms with E-state index in [0.717, 1.165) is 19.3 Å². The van der Waals surface area contributed by atoms with E-state index in [0.29, 0.717) is 30.9 Å². The summed E-state index contributed by atoms with van der Waals surface area (Å²) in [6, 6.07) is 11.3. The average molecular weight is 496 g/mol. The van der Waals surface area contributed by atoms with Crippen LogP contribution >= 0.6 is 0 Å². The lowest BCUT2D eigenvalue weighted by molar-refractivity contribution is -0.116. The molecule has 33 heavy (non-hydrogen) atoms. The van der Waals surface area contributed by atoms with Crippen LogP contribution < -0.4 is 15.2 Å². The van der Waals surface area contributed by atoms with E-state index in [9.17, 15) is 21.6 Å². The van der Waals surface area contributed by atoms with E-state index in [2.05, 4.69) is 5.32 Å². The Morgan fingerprint density at radius 2 is 1.55 bits per heavy atom. The van der Waals surface area contributed by atoms with Crippen molar-refractivity contribution in [2.24, 2.45) is 5.14 Å². The van der Waals surface area contributed by atoms with Crippen LogP contribution in [-0.4, -0.2) is 46.2 Å². The Bertz CT molecular complexity index is 1160. The number of carbonyl (C=O) groups excluding carboxylic acids is 1. The molecule has 0 aromatic heterocycles. The van der Waals surface area contributed by atoms with Crippen LogP contribution in [0, 0.1) is 0 Å². The zero-order chi connectivity index (χ0) is 24.1. The summed E-state index contributed by atoms with van der Waals surface area (Å²) in [7, 11) is -7.77. The van der Waals surface area contributed by atoms with Crippen molar-refractivity contribution in [3.8, 4) is 5.75 Å². The van der Waals surface area contributed by atoms with Gasteiger partial charge in [-0.05, 0) is 68.3 Å². The van der Waals surface area contributed by atoms with Crippen molar-refractivity contribution in [3.63, 3.8) is 0 Å². The summed E-state index contributed by atoms with van der Waals surface area (Å²) in [6.07, 6.45) is 4.21. The molecule has 0 atom stereocenters. The van der Waals surface area contributed by atoms with Crippen LogP contribution in [0.2, 0.25) is 0 Å². The first kappa shape index (κ1) is 25.2. The smallest absolute Gasteiger partial charge is 0.243 e. The van der Waals surface area contributed by atoms with Gasteiger partial charge in [0.15, 0.2) is 0 Å². The Hall–Kier alpha value is -2.47. The van der Waals surface area contributed by atoms with Crippen LogP contribution in [0.5, 0.6) is 5.75 Å². The number of rotatable bonds is 9. The molecule has 180 valence electrons. The second-order valence-corrected chi connectivity index (χ2v) is 11.3. The highest BCUT2D eigenvalue weighted by Gasteiger charge is 2.34. The predicted octanol–water partition coefficient (Wildman–Crippen LogP) is 2.69. The summed E-state index contributed by atoms with van der Waals surface area (Å²) in [4.78, 5) is 12.8. The zero-order valence-corrected chi connectivity index (χ0v) is 20.1. The van der Waals surface area contributed by atoms with Gasteiger partial charge in [-0.3, -0.25) is 4.79 Å². The van der Waals surface area contributed by atoms with Gasteiger partial charge < -0.3 is 10.1 Å². The Balaban J connectivity index is 1.80. The molecule has 3 N–H and O–H groups in total. The Labute approximate surface area is 195 Å². The molecule has 1 aliphatic carbocycles. The topological polar surface area (TPSA) is 136 Å². The van der Waals surface area contributed by atoms with Crippen LogP contribution in [0.1, 0.15) is 39.0 Å². The van der Waals surface area contributed by atoms with Crippen LogP contribution in [0.25, 0.3) is 0 Å². The van der Waals surface area contributed by atoms with Gasteiger partial charge in [0.05, 0.1) is 22.9 Å². The lowest BCUT2D eigenvalue weighted by Crippen LogP contribution is -2.45. The van der Waals surface area contributed by atoms with Crippen molar-refractivity contribution in [2.45, 2.75) is 54.9 Å². The van der Waals surface area contributed by atoms with Crippen LogP contribution in [0.4, 0.5) is 5.69 Å². The third kappa shape index (κ3) is 6.53. The number of primary sulfonamides is 1. The number of sulfonamides is 2. The quantitative estimate of drug-likeness (QED) is 0.549. The first-order valence-electron chi connectivity index (χ1n) is 10.8. The maximum atomic E-state index is 13.5. The first-order valence-corrected chi connectivity index (χ1v) is 13.8. The van der Waals surface area contributed by atoms with Gasteiger partial charge in [-0.25, -0.2) is 22.0 Å². The highest BCUT2D eigenvalue weighted by atomic mass is 32.2. The standard InChI is InChI=1S/C22H29N3O6S2/c1-2-31-19-10-14-21(15-11-19)33(29,30)25(18-6-4-3-5-7-18)16-22(26)24-17-8-12-20(13-9-17)32(23,27)28/h8-15,18H,2-7,16H2,1H3,(H,24,26)(H2,23,27,28). The molecule has 1 fully saturated rings. The SMILES string of the molecule is CCOc1ccc(S(=O)(=O)N(CC(=O)Nc2ccc(S(N)(=O)=O)cc2)C2CCCCC2)cc1. The number of nitrogens with zero attached hydrogens (tertiary/aromatic N) is 1. The van der Waals surface area contributed by atoms with E-state index in [1.54, 1.807) is 12.1 Å². The Kier molecular flexibility index (Phi) is 8.11. The molecule has 0 saturated heterocycles. The fourth-order valence-electron chi connectivity index (χ4n) is 3.86. The summed E-state index contributed by atoms with van der Waals surface area (Å²) in [5.74, 6) is 0.0554. The molecule has 2 aromatic carbocycles. The van der Waals surface area contributed by atoms with Crippen LogP contribution in [0.15, 0.2) is 58.3 Å². The highest BCUT2D eigenvalue weighted by Crippen LogP contribution is 2.28. The van der Waals surface area contributed by atoms with E-state index in [4.69, 9.17) is 9.88 Å². The van der Waals surface area contributed by atoms with E-state index in [1.807, 2.05) is 6.92 Å². The Morgan fingerprint density at radius 3 is 2.09 bits per heavy atom. The monoisotopic (exact) mass is 495 g/mol. The summed E-state index contributed by atoms with van der Waals surface area (Å²) >= 11 is 0. The second-order valence-electron chi connectivity index (χ2n) is 7.86. The fraction of sp³-hybridized carbons (Fsp3) is 0.409. The largest absolute Gasteiger partial charge is 0.494 e. The lowest BCUT2D eigenvalue weighted by Gasteiger charge is -2.33. The van der Waals surface area contributed by atoms with Crippen molar-refractivity contribution in [1.82, 2.24) is 4.31 Å². The third-order valence-corrected chi connectivity index (χ3v) is 8.33. The van der Waals surface area contributed by atoms with Crippen LogP contribution in [-0.2, 0) is 24.8 Å². The van der Waals surface area contributed by atoms with Gasteiger partial charge in [0.1, 0.15) is 5.75 Å². The fourth-order valence-corrected chi connectivity index (χ4v) is 6.02. The minimum Gasteiger partial charge on any atom is -0.494 e. The molecular weight excluding hydrogens is 466 g/mol. The molecule has 1 saturated carbocycles. The number of hydrogen-bond donors (Lipinski definition) is 2. The van der Waals surface area contributed by atoms with Gasteiger partial charge in [0, 0.05) is 11.7 Å². The minimum atomic E-state index is -3.92. The van der Waals surface area contributed by atoms with Crippen LogP contribution in [0.3, 0.4) is 0 Å². The van der Waals surface area contributed by atoms with Gasteiger partial charge in [-0.2, -0.15) is 4.31 Å². The second kappa shape index (κ2) is 10.6. The Morgan fingerprint density at radius 1 is 0.970 bits per heavy atom. The summed E-state index contributed by atoms with van der Waals surface area (Å²) in [6.45, 7) is 1.96. The molecule has 0 radical (unpaired) electrons. The number of carbonyl (C=O) groups is 1. The number of anilines is 1. The average Bonchev–Trinajstić information content (AvgIpc) is 2.78. The molecule has 0 unspecified atom stereocenters. The highest BCUT2D eigenvalue weighted by molar-refractivity contribution is 7.89. The molecular formula is C22H29N3O6S2. The molecule has 0 bridgehead atoms. The van der Waals surface area contributed by atoms with E-state index >= 15 is 0 Å².